The van der Waals surface area contributed by atoms with Crippen molar-refractivity contribution in [2.24, 2.45) is 0 Å². The van der Waals surface area contributed by atoms with Crippen molar-refractivity contribution in [1.82, 2.24) is 0 Å². The van der Waals surface area contributed by atoms with Crippen LogP contribution in [0.5, 0.6) is 0 Å². The highest BCUT2D eigenvalue weighted by Crippen LogP contribution is 2.11. The number of hydrogen-bond acceptors (Lipinski definition) is 2. The van der Waals surface area contributed by atoms with E-state index in [1.165, 1.54) is 83.5 Å². The van der Waals surface area contributed by atoms with Crippen LogP contribution in [0.15, 0.2) is 12.2 Å². The summed E-state index contributed by atoms with van der Waals surface area (Å²) in [5.41, 5.74) is 0. The predicted octanol–water partition coefficient (Wildman–Crippen LogP) is 7.03. The maximum absolute atomic E-state index is 9.44. The Balaban J connectivity index is 3.15. The molecule has 0 aliphatic heterocycles. The fourth-order valence-corrected chi connectivity index (χ4v) is 2.95. The number of unbranched alkanes of at least 4 members (excludes halogenated alkanes) is 13. The molecule has 24 heavy (non-hydrogen) atoms. The lowest BCUT2D eigenvalue weighted by Crippen LogP contribution is -2.41. The van der Waals surface area contributed by atoms with Crippen molar-refractivity contribution in [3.05, 3.63) is 12.2 Å². The van der Waals surface area contributed by atoms with Crippen LogP contribution in [0.1, 0.15) is 110 Å². The molecule has 0 unspecified atom stereocenters. The SMILES string of the molecule is CCCCCCCCC=CCCCCCCCCC[N+](O)(O)CC. The largest absolute Gasteiger partial charge is 0.182 e. The third-order valence-corrected chi connectivity index (χ3v) is 4.78. The van der Waals surface area contributed by atoms with Crippen LogP contribution >= 0.6 is 0 Å². The van der Waals surface area contributed by atoms with Crippen molar-refractivity contribution in [3.8, 4) is 0 Å². The molecule has 0 aromatic heterocycles. The zero-order valence-electron chi connectivity index (χ0n) is 16.5. The summed E-state index contributed by atoms with van der Waals surface area (Å²) >= 11 is 0. The van der Waals surface area contributed by atoms with Gasteiger partial charge in [0.15, 0.2) is 0 Å². The fourth-order valence-electron chi connectivity index (χ4n) is 2.95. The lowest BCUT2D eigenvalue weighted by Gasteiger charge is -2.18. The van der Waals surface area contributed by atoms with Crippen LogP contribution in [0.4, 0.5) is 0 Å². The zero-order chi connectivity index (χ0) is 17.9. The van der Waals surface area contributed by atoms with Gasteiger partial charge in [0.25, 0.3) is 0 Å². The Morgan fingerprint density at radius 1 is 0.583 bits per heavy atom. The Hall–Kier alpha value is -0.380. The second-order valence-corrected chi connectivity index (χ2v) is 7.21. The molecule has 0 radical (unpaired) electrons. The second kappa shape index (κ2) is 17.4. The predicted molar refractivity (Wildman–Crippen MR) is 103 cm³/mol. The molecule has 0 amide bonds. The minimum atomic E-state index is -0.814. The van der Waals surface area contributed by atoms with Gasteiger partial charge in [0, 0.05) is 6.42 Å². The first kappa shape index (κ1) is 23.6. The third-order valence-electron chi connectivity index (χ3n) is 4.78. The van der Waals surface area contributed by atoms with Crippen LogP contribution in [0.3, 0.4) is 0 Å². The normalized spacial score (nSPS) is 12.3. The summed E-state index contributed by atoms with van der Waals surface area (Å²) in [6.45, 7) is 4.89. The summed E-state index contributed by atoms with van der Waals surface area (Å²) in [4.78, 5) is -0.814. The summed E-state index contributed by atoms with van der Waals surface area (Å²) in [7, 11) is 0. The van der Waals surface area contributed by atoms with Crippen molar-refractivity contribution in [2.45, 2.75) is 110 Å². The molecule has 0 saturated carbocycles. The molecule has 0 atom stereocenters. The number of allylic oxidation sites excluding steroid dienone is 2. The van der Waals surface area contributed by atoms with Gasteiger partial charge < -0.3 is 0 Å². The monoisotopic (exact) mass is 342 g/mol. The molecule has 144 valence electrons. The van der Waals surface area contributed by atoms with E-state index in [-0.39, 0.29) is 0 Å². The van der Waals surface area contributed by atoms with Crippen LogP contribution < -0.4 is 0 Å². The molecule has 3 nitrogen and oxygen atoms in total. The number of hydrogen-bond donors (Lipinski definition) is 2. The molecule has 0 aromatic carbocycles. The summed E-state index contributed by atoms with van der Waals surface area (Å²) in [5.74, 6) is 0. The van der Waals surface area contributed by atoms with E-state index in [2.05, 4.69) is 19.1 Å². The maximum Gasteiger partial charge on any atom is 0.142 e. The van der Waals surface area contributed by atoms with E-state index in [9.17, 15) is 10.4 Å². The van der Waals surface area contributed by atoms with E-state index in [4.69, 9.17) is 0 Å². The Kier molecular flexibility index (Phi) is 17.2. The van der Waals surface area contributed by atoms with Gasteiger partial charge in [0.2, 0.25) is 0 Å². The third kappa shape index (κ3) is 18.0. The molecule has 0 rings (SSSR count). The molecule has 0 heterocycles. The average Bonchev–Trinajstić information content (AvgIpc) is 2.57. The maximum atomic E-state index is 9.44. The van der Waals surface area contributed by atoms with Crippen molar-refractivity contribution >= 4 is 0 Å². The van der Waals surface area contributed by atoms with Gasteiger partial charge in [0.05, 0.1) is 0 Å². The van der Waals surface area contributed by atoms with Gasteiger partial charge in [-0.25, -0.2) is 0 Å². The molecule has 0 aromatic rings. The molecule has 0 aliphatic carbocycles. The first-order valence-corrected chi connectivity index (χ1v) is 10.6. The van der Waals surface area contributed by atoms with E-state index in [1.807, 2.05) is 0 Å². The molecule has 0 saturated heterocycles. The first-order chi connectivity index (χ1) is 11.6. The van der Waals surface area contributed by atoms with Gasteiger partial charge in [-0.1, -0.05) is 76.9 Å². The first-order valence-electron chi connectivity index (χ1n) is 10.6. The number of rotatable bonds is 18. The summed E-state index contributed by atoms with van der Waals surface area (Å²) in [5, 5.41) is 18.9. The Morgan fingerprint density at radius 3 is 1.46 bits per heavy atom. The van der Waals surface area contributed by atoms with Crippen LogP contribution in [-0.2, 0) is 0 Å². The minimum absolute atomic E-state index is 0.367. The van der Waals surface area contributed by atoms with Gasteiger partial charge in [-0.15, -0.1) is 0 Å². The van der Waals surface area contributed by atoms with Crippen LogP contribution in [0, 0.1) is 0 Å². The number of nitrogens with zero attached hydrogens (tertiary/aromatic N) is 1. The summed E-state index contributed by atoms with van der Waals surface area (Å²) in [6.07, 6.45) is 24.1. The molecule has 0 bridgehead atoms. The molecule has 0 spiro atoms. The molecule has 0 fully saturated rings. The highest BCUT2D eigenvalue weighted by molar-refractivity contribution is 4.81. The lowest BCUT2D eigenvalue weighted by molar-refractivity contribution is -1.24. The summed E-state index contributed by atoms with van der Waals surface area (Å²) < 4.78 is 0. The minimum Gasteiger partial charge on any atom is -0.182 e. The summed E-state index contributed by atoms with van der Waals surface area (Å²) in [6, 6.07) is 0. The van der Waals surface area contributed by atoms with Crippen LogP contribution in [0.2, 0.25) is 0 Å². The lowest BCUT2D eigenvalue weighted by atomic mass is 10.1. The van der Waals surface area contributed by atoms with Crippen molar-refractivity contribution < 1.29 is 15.2 Å². The van der Waals surface area contributed by atoms with Gasteiger partial charge >= 0.3 is 0 Å². The second-order valence-electron chi connectivity index (χ2n) is 7.21. The Morgan fingerprint density at radius 2 is 1.00 bits per heavy atom. The van der Waals surface area contributed by atoms with Gasteiger partial charge in [-0.3, -0.25) is 0 Å². The number of hydroxylamine groups is 4. The van der Waals surface area contributed by atoms with Gasteiger partial charge in [-0.2, -0.15) is 10.4 Å². The van der Waals surface area contributed by atoms with Crippen LogP contribution in [0.25, 0.3) is 0 Å². The quantitative estimate of drug-likeness (QED) is 0.121. The van der Waals surface area contributed by atoms with E-state index in [0.717, 1.165) is 12.8 Å². The topological polar surface area (TPSA) is 40.5 Å². The van der Waals surface area contributed by atoms with E-state index >= 15 is 0 Å². The van der Waals surface area contributed by atoms with E-state index in [0.29, 0.717) is 13.1 Å². The smallest absolute Gasteiger partial charge is 0.142 e. The Labute approximate surface area is 151 Å². The highest BCUT2D eigenvalue weighted by atomic mass is 16.8. The van der Waals surface area contributed by atoms with Gasteiger partial charge in [-0.05, 0) is 43.8 Å². The average molecular weight is 343 g/mol. The Bertz CT molecular complexity index is 277. The molecule has 0 aliphatic rings. The standard InChI is InChI=1S/C21H44NO2/c1-3-5-6-7-8-9-10-11-12-13-14-15-16-17-18-19-20-21-22(23,24)4-2/h11-12,23-24H,3-10,13-21H2,1-2H3/q+1. The molecule has 3 heteroatoms. The van der Waals surface area contributed by atoms with Crippen molar-refractivity contribution in [1.29, 1.82) is 0 Å². The molecule has 2 N–H and O–H groups in total. The van der Waals surface area contributed by atoms with Crippen molar-refractivity contribution in [3.63, 3.8) is 0 Å². The number of quaternary nitrogens is 1. The highest BCUT2D eigenvalue weighted by Gasteiger charge is 2.17. The zero-order valence-corrected chi connectivity index (χ0v) is 16.5. The van der Waals surface area contributed by atoms with Crippen LogP contribution in [-0.4, -0.2) is 28.3 Å². The fraction of sp³-hybridized carbons (Fsp3) is 0.905. The van der Waals surface area contributed by atoms with E-state index in [1.54, 1.807) is 6.92 Å². The van der Waals surface area contributed by atoms with Crippen molar-refractivity contribution in [2.75, 3.05) is 13.1 Å². The molecular formula is C21H44NO2+. The van der Waals surface area contributed by atoms with E-state index < -0.39 is 4.81 Å². The van der Waals surface area contributed by atoms with Gasteiger partial charge in [0.1, 0.15) is 13.1 Å². The molecular weight excluding hydrogens is 298 g/mol.